The number of carbonyl (C=O) groups excluding carboxylic acids is 1. The van der Waals surface area contributed by atoms with Gasteiger partial charge < -0.3 is 0 Å². The quantitative estimate of drug-likeness (QED) is 0.563. The third-order valence-corrected chi connectivity index (χ3v) is 11.3. The van der Waals surface area contributed by atoms with E-state index in [0.29, 0.717) is 29.5 Å². The first-order valence-electron chi connectivity index (χ1n) is 12.2. The van der Waals surface area contributed by atoms with Crippen LogP contribution in [0.5, 0.6) is 0 Å². The number of fused-ring (bicyclic) bond motifs is 5. The molecule has 1 aromatic carbocycles. The molecule has 0 saturated heterocycles. The fourth-order valence-corrected chi connectivity index (χ4v) is 9.27. The van der Waals surface area contributed by atoms with Crippen molar-refractivity contribution in [2.75, 3.05) is 0 Å². The molecule has 4 fully saturated rings. The molecule has 0 bridgehead atoms. The summed E-state index contributed by atoms with van der Waals surface area (Å²) in [6.07, 6.45) is 8.75. The molecule has 0 aliphatic heterocycles. The smallest absolute Gasteiger partial charge is 0.297 e. The molecule has 5 rings (SSSR count). The van der Waals surface area contributed by atoms with Crippen molar-refractivity contribution in [1.29, 1.82) is 0 Å². The Labute approximate surface area is 187 Å². The second kappa shape index (κ2) is 7.41. The van der Waals surface area contributed by atoms with E-state index in [-0.39, 0.29) is 21.8 Å². The molecule has 4 aliphatic rings. The zero-order valence-electron chi connectivity index (χ0n) is 19.1. The Morgan fingerprint density at radius 3 is 2.35 bits per heavy atom. The summed E-state index contributed by atoms with van der Waals surface area (Å²) >= 11 is 0. The Morgan fingerprint density at radius 1 is 0.903 bits per heavy atom. The summed E-state index contributed by atoms with van der Waals surface area (Å²) in [6, 6.07) is 6.97. The number of benzene rings is 1. The second-order valence-electron chi connectivity index (χ2n) is 11.4. The number of hydrogen-bond donors (Lipinski definition) is 0. The van der Waals surface area contributed by atoms with Crippen molar-refractivity contribution in [2.24, 2.45) is 34.5 Å². The molecule has 0 spiro atoms. The van der Waals surface area contributed by atoms with Crippen molar-refractivity contribution in [3.63, 3.8) is 0 Å². The van der Waals surface area contributed by atoms with Crippen LogP contribution >= 0.6 is 0 Å². The largest absolute Gasteiger partial charge is 0.300 e. The Morgan fingerprint density at radius 2 is 1.61 bits per heavy atom. The maximum atomic E-state index is 13.0. The van der Waals surface area contributed by atoms with Gasteiger partial charge in [0.2, 0.25) is 0 Å². The number of hydrogen-bond acceptors (Lipinski definition) is 4. The van der Waals surface area contributed by atoms with E-state index in [0.717, 1.165) is 56.9 Å². The highest BCUT2D eigenvalue weighted by Gasteiger charge is 2.61. The Balaban J connectivity index is 1.37. The van der Waals surface area contributed by atoms with E-state index in [1.54, 1.807) is 12.1 Å². The predicted octanol–water partition coefficient (Wildman–Crippen LogP) is 5.68. The number of aryl methyl sites for hydroxylation is 1. The first kappa shape index (κ1) is 21.6. The molecule has 1 aromatic rings. The van der Waals surface area contributed by atoms with Gasteiger partial charge in [-0.2, -0.15) is 8.42 Å². The monoisotopic (exact) mass is 444 g/mol. The Kier molecular flexibility index (Phi) is 5.17. The standard InChI is InChI=1S/C26H36O4S/c1-17-4-7-20(8-5-17)31(28,29)30-24-11-10-22-21-9-6-18-16-19(27)12-14-25(18,2)23(21)13-15-26(22,24)3/h4-5,7-8,18,21-24H,6,9-16H2,1-3H3/t18-,21-,22-,23+,24+,25+,26-/m1/s1. The number of carbonyl (C=O) groups is 1. The highest BCUT2D eigenvalue weighted by atomic mass is 32.2. The van der Waals surface area contributed by atoms with Crippen molar-refractivity contribution < 1.29 is 17.4 Å². The summed E-state index contributed by atoms with van der Waals surface area (Å²) in [6.45, 7) is 6.69. The molecule has 5 heteroatoms. The molecular formula is C26H36O4S. The van der Waals surface area contributed by atoms with E-state index in [1.165, 1.54) is 6.42 Å². The number of rotatable bonds is 3. The zero-order valence-corrected chi connectivity index (χ0v) is 19.9. The van der Waals surface area contributed by atoms with Crippen LogP contribution in [0.3, 0.4) is 0 Å². The van der Waals surface area contributed by atoms with Gasteiger partial charge in [0.1, 0.15) is 5.78 Å². The van der Waals surface area contributed by atoms with Crippen LogP contribution in [0.1, 0.15) is 77.2 Å². The van der Waals surface area contributed by atoms with Gasteiger partial charge in [-0.15, -0.1) is 0 Å². The van der Waals surface area contributed by atoms with Crippen LogP contribution in [-0.4, -0.2) is 20.3 Å². The van der Waals surface area contributed by atoms with Crippen molar-refractivity contribution >= 4 is 15.9 Å². The molecule has 0 aromatic heterocycles. The minimum Gasteiger partial charge on any atom is -0.300 e. The lowest BCUT2D eigenvalue weighted by molar-refractivity contribution is -0.140. The lowest BCUT2D eigenvalue weighted by Crippen LogP contribution is -2.54. The Bertz CT molecular complexity index is 968. The SMILES string of the molecule is Cc1ccc(S(=O)(=O)O[C@H]2CC[C@@H]3[C@H]4CC[C@@H]5CC(=O)CC[C@]5(C)[C@H]4CC[C@@]23C)cc1. The molecule has 0 amide bonds. The van der Waals surface area contributed by atoms with Crippen LogP contribution in [0.4, 0.5) is 0 Å². The summed E-state index contributed by atoms with van der Waals surface area (Å²) in [5.74, 6) is 2.85. The van der Waals surface area contributed by atoms with E-state index in [4.69, 9.17) is 4.18 Å². The molecular weight excluding hydrogens is 408 g/mol. The summed E-state index contributed by atoms with van der Waals surface area (Å²) in [7, 11) is -3.75. The average Bonchev–Trinajstić information content (AvgIpc) is 3.04. The van der Waals surface area contributed by atoms with Crippen molar-refractivity contribution in [3.8, 4) is 0 Å². The van der Waals surface area contributed by atoms with E-state index in [2.05, 4.69) is 13.8 Å². The maximum Gasteiger partial charge on any atom is 0.297 e. The van der Waals surface area contributed by atoms with Crippen LogP contribution in [-0.2, 0) is 19.1 Å². The zero-order chi connectivity index (χ0) is 22.0. The van der Waals surface area contributed by atoms with Gasteiger partial charge in [-0.25, -0.2) is 0 Å². The molecule has 4 nitrogen and oxygen atoms in total. The maximum absolute atomic E-state index is 13.0. The normalized spacial score (nSPS) is 42.5. The van der Waals surface area contributed by atoms with Gasteiger partial charge in [0.05, 0.1) is 11.0 Å². The minimum absolute atomic E-state index is 0.0768. The van der Waals surface area contributed by atoms with Crippen LogP contribution < -0.4 is 0 Å². The number of ketones is 1. The lowest BCUT2D eigenvalue weighted by atomic mass is 9.45. The molecule has 31 heavy (non-hydrogen) atoms. The fraction of sp³-hybridized carbons (Fsp3) is 0.731. The van der Waals surface area contributed by atoms with Crippen molar-refractivity contribution in [2.45, 2.75) is 89.6 Å². The van der Waals surface area contributed by atoms with Crippen LogP contribution in [0.15, 0.2) is 29.2 Å². The predicted molar refractivity (Wildman–Crippen MR) is 120 cm³/mol. The molecule has 0 radical (unpaired) electrons. The van der Waals surface area contributed by atoms with Gasteiger partial charge in [0, 0.05) is 12.8 Å². The van der Waals surface area contributed by atoms with Gasteiger partial charge in [0.15, 0.2) is 0 Å². The van der Waals surface area contributed by atoms with Crippen LogP contribution in [0.2, 0.25) is 0 Å². The van der Waals surface area contributed by atoms with Gasteiger partial charge in [-0.1, -0.05) is 31.5 Å². The highest BCUT2D eigenvalue weighted by Crippen LogP contribution is 2.66. The van der Waals surface area contributed by atoms with E-state index in [1.807, 2.05) is 19.1 Å². The average molecular weight is 445 g/mol. The third kappa shape index (κ3) is 3.42. The molecule has 0 N–H and O–H groups in total. The molecule has 4 aliphatic carbocycles. The van der Waals surface area contributed by atoms with Gasteiger partial charge in [-0.3, -0.25) is 8.98 Å². The minimum atomic E-state index is -3.75. The highest BCUT2D eigenvalue weighted by molar-refractivity contribution is 7.86. The summed E-state index contributed by atoms with van der Waals surface area (Å²) in [5, 5.41) is 0. The van der Waals surface area contributed by atoms with E-state index >= 15 is 0 Å². The van der Waals surface area contributed by atoms with Gasteiger partial charge >= 0.3 is 0 Å². The topological polar surface area (TPSA) is 60.4 Å². The molecule has 170 valence electrons. The molecule has 7 atom stereocenters. The van der Waals surface area contributed by atoms with E-state index < -0.39 is 10.1 Å². The first-order valence-corrected chi connectivity index (χ1v) is 13.6. The number of Topliss-reactive ketones (excluding diaryl/α,β-unsaturated/α-hetero) is 1. The Hall–Kier alpha value is -1.20. The van der Waals surface area contributed by atoms with Crippen molar-refractivity contribution in [1.82, 2.24) is 0 Å². The molecule has 4 saturated carbocycles. The van der Waals surface area contributed by atoms with Gasteiger partial charge in [0.25, 0.3) is 10.1 Å². The van der Waals surface area contributed by atoms with Gasteiger partial charge in [-0.05, 0) is 98.5 Å². The van der Waals surface area contributed by atoms with Crippen LogP contribution in [0, 0.1) is 41.4 Å². The fourth-order valence-electron chi connectivity index (χ4n) is 8.07. The summed E-state index contributed by atoms with van der Waals surface area (Å²) in [4.78, 5) is 12.4. The lowest BCUT2D eigenvalue weighted by Gasteiger charge is -2.60. The summed E-state index contributed by atoms with van der Waals surface area (Å²) < 4.78 is 32.0. The third-order valence-electron chi connectivity index (χ3n) is 9.95. The first-order chi connectivity index (χ1) is 14.6. The molecule has 0 unspecified atom stereocenters. The van der Waals surface area contributed by atoms with Crippen molar-refractivity contribution in [3.05, 3.63) is 29.8 Å². The molecule has 0 heterocycles. The van der Waals surface area contributed by atoms with E-state index in [9.17, 15) is 13.2 Å². The van der Waals surface area contributed by atoms with Crippen LogP contribution in [0.25, 0.3) is 0 Å². The summed E-state index contributed by atoms with van der Waals surface area (Å²) in [5.41, 5.74) is 1.25. The second-order valence-corrected chi connectivity index (χ2v) is 12.9.